The van der Waals surface area contributed by atoms with Gasteiger partial charge in [-0.2, -0.15) is 0 Å². The van der Waals surface area contributed by atoms with E-state index in [0.29, 0.717) is 24.6 Å². The van der Waals surface area contributed by atoms with Gasteiger partial charge in [0.05, 0.1) is 0 Å². The van der Waals surface area contributed by atoms with Gasteiger partial charge in [-0.05, 0) is 55.3 Å². The number of carbonyl (C=O) groups is 1. The van der Waals surface area contributed by atoms with Gasteiger partial charge in [-0.15, -0.1) is 0 Å². The number of furan rings is 1. The van der Waals surface area contributed by atoms with E-state index in [-0.39, 0.29) is 11.7 Å². The summed E-state index contributed by atoms with van der Waals surface area (Å²) in [5.74, 6) is 0.424. The fraction of sp³-hybridized carbons (Fsp3) is 0.190. The van der Waals surface area contributed by atoms with Crippen molar-refractivity contribution >= 4 is 5.91 Å². The third-order valence-corrected chi connectivity index (χ3v) is 4.13. The summed E-state index contributed by atoms with van der Waals surface area (Å²) >= 11 is 0. The van der Waals surface area contributed by atoms with Gasteiger partial charge in [0.1, 0.15) is 11.6 Å². The number of amides is 1. The van der Waals surface area contributed by atoms with Gasteiger partial charge in [0, 0.05) is 18.7 Å². The third kappa shape index (κ3) is 4.15. The van der Waals surface area contributed by atoms with Gasteiger partial charge in [-0.25, -0.2) is 4.39 Å². The van der Waals surface area contributed by atoms with E-state index in [2.05, 4.69) is 12.1 Å². The van der Waals surface area contributed by atoms with Gasteiger partial charge in [-0.3, -0.25) is 4.79 Å². The van der Waals surface area contributed by atoms with Crippen molar-refractivity contribution in [3.8, 4) is 11.3 Å². The average molecular weight is 337 g/mol. The van der Waals surface area contributed by atoms with Crippen LogP contribution in [0.2, 0.25) is 0 Å². The Morgan fingerprint density at radius 1 is 1.00 bits per heavy atom. The minimum absolute atomic E-state index is 0.133. The Morgan fingerprint density at radius 2 is 1.72 bits per heavy atom. The van der Waals surface area contributed by atoms with E-state index in [4.69, 9.17) is 4.42 Å². The monoisotopic (exact) mass is 337 g/mol. The van der Waals surface area contributed by atoms with Gasteiger partial charge >= 0.3 is 0 Å². The smallest absolute Gasteiger partial charge is 0.289 e. The van der Waals surface area contributed by atoms with E-state index >= 15 is 0 Å². The molecule has 0 saturated carbocycles. The lowest BCUT2D eigenvalue weighted by Crippen LogP contribution is -2.32. The van der Waals surface area contributed by atoms with Crippen molar-refractivity contribution in [1.29, 1.82) is 0 Å². The molecule has 1 aromatic heterocycles. The molecule has 1 amide bonds. The van der Waals surface area contributed by atoms with Crippen molar-refractivity contribution in [3.05, 3.63) is 83.9 Å². The second kappa shape index (κ2) is 7.79. The van der Waals surface area contributed by atoms with E-state index in [9.17, 15) is 9.18 Å². The lowest BCUT2D eigenvalue weighted by molar-refractivity contribution is 0.0735. The molecule has 0 atom stereocenters. The van der Waals surface area contributed by atoms with Crippen molar-refractivity contribution in [2.75, 3.05) is 13.1 Å². The molecule has 0 spiro atoms. The maximum Gasteiger partial charge on any atom is 0.289 e. The molecule has 0 radical (unpaired) electrons. The molecule has 0 N–H and O–H groups in total. The van der Waals surface area contributed by atoms with Crippen LogP contribution in [0.15, 0.2) is 71.1 Å². The highest BCUT2D eigenvalue weighted by molar-refractivity contribution is 5.92. The van der Waals surface area contributed by atoms with E-state index in [1.165, 1.54) is 17.7 Å². The summed E-state index contributed by atoms with van der Waals surface area (Å²) in [7, 11) is 0. The molecular formula is C21H20FNO2. The minimum atomic E-state index is -0.301. The molecular weight excluding hydrogens is 317 g/mol. The van der Waals surface area contributed by atoms with Crippen molar-refractivity contribution in [2.24, 2.45) is 0 Å². The zero-order chi connectivity index (χ0) is 17.6. The molecule has 25 heavy (non-hydrogen) atoms. The summed E-state index contributed by atoms with van der Waals surface area (Å²) in [6.45, 7) is 3.19. The van der Waals surface area contributed by atoms with Crippen molar-refractivity contribution in [1.82, 2.24) is 4.90 Å². The van der Waals surface area contributed by atoms with Gasteiger partial charge in [-0.1, -0.05) is 30.3 Å². The number of benzene rings is 2. The second-order valence-electron chi connectivity index (χ2n) is 5.79. The first kappa shape index (κ1) is 17.0. The molecule has 0 unspecified atom stereocenters. The molecule has 3 nitrogen and oxygen atoms in total. The molecule has 1 heterocycles. The van der Waals surface area contributed by atoms with E-state index in [0.717, 1.165) is 12.0 Å². The maximum absolute atomic E-state index is 13.0. The molecule has 2 aromatic carbocycles. The molecule has 0 bridgehead atoms. The van der Waals surface area contributed by atoms with Gasteiger partial charge in [0.15, 0.2) is 5.76 Å². The summed E-state index contributed by atoms with van der Waals surface area (Å²) in [6.07, 6.45) is 0.798. The minimum Gasteiger partial charge on any atom is -0.451 e. The predicted octanol–water partition coefficient (Wildman–Crippen LogP) is 4.79. The summed E-state index contributed by atoms with van der Waals surface area (Å²) in [4.78, 5) is 14.4. The lowest BCUT2D eigenvalue weighted by Gasteiger charge is -2.19. The highest BCUT2D eigenvalue weighted by Gasteiger charge is 2.18. The lowest BCUT2D eigenvalue weighted by atomic mass is 10.1. The molecule has 128 valence electrons. The normalized spacial score (nSPS) is 10.6. The Balaban J connectivity index is 1.69. The van der Waals surface area contributed by atoms with Gasteiger partial charge in [0.25, 0.3) is 5.91 Å². The number of carbonyl (C=O) groups excluding carboxylic acids is 1. The van der Waals surface area contributed by atoms with Crippen LogP contribution < -0.4 is 0 Å². The molecule has 4 heteroatoms. The number of halogens is 1. The van der Waals surface area contributed by atoms with Crippen LogP contribution in [0, 0.1) is 5.82 Å². The number of rotatable bonds is 6. The molecule has 3 rings (SSSR count). The number of nitrogens with zero attached hydrogens (tertiary/aromatic N) is 1. The average Bonchev–Trinajstić information content (AvgIpc) is 3.13. The summed E-state index contributed by atoms with van der Waals surface area (Å²) in [5.41, 5.74) is 1.94. The molecule has 0 aliphatic heterocycles. The van der Waals surface area contributed by atoms with Crippen LogP contribution in [-0.4, -0.2) is 23.9 Å². The Morgan fingerprint density at radius 3 is 2.40 bits per heavy atom. The van der Waals surface area contributed by atoms with Crippen LogP contribution in [0.1, 0.15) is 23.0 Å². The van der Waals surface area contributed by atoms with Crippen LogP contribution >= 0.6 is 0 Å². The van der Waals surface area contributed by atoms with Crippen LogP contribution in [0.3, 0.4) is 0 Å². The zero-order valence-electron chi connectivity index (χ0n) is 14.1. The predicted molar refractivity (Wildman–Crippen MR) is 95.8 cm³/mol. The van der Waals surface area contributed by atoms with E-state index < -0.39 is 0 Å². The van der Waals surface area contributed by atoms with Crippen LogP contribution in [0.4, 0.5) is 4.39 Å². The number of hydrogen-bond acceptors (Lipinski definition) is 2. The molecule has 0 aliphatic rings. The fourth-order valence-electron chi connectivity index (χ4n) is 2.69. The molecule has 0 fully saturated rings. The first-order valence-electron chi connectivity index (χ1n) is 8.36. The van der Waals surface area contributed by atoms with E-state index in [1.807, 2.05) is 25.1 Å². The largest absolute Gasteiger partial charge is 0.451 e. The summed E-state index contributed by atoms with van der Waals surface area (Å²) < 4.78 is 18.7. The topological polar surface area (TPSA) is 33.5 Å². The standard InChI is InChI=1S/C21H20FNO2/c1-2-23(15-14-16-6-4-3-5-7-16)21(24)20-13-12-19(25-20)17-8-10-18(22)11-9-17/h3-13H,2,14-15H2,1H3. The van der Waals surface area contributed by atoms with Crippen molar-refractivity contribution < 1.29 is 13.6 Å². The maximum atomic E-state index is 13.0. The van der Waals surface area contributed by atoms with Crippen LogP contribution in [0.5, 0.6) is 0 Å². The summed E-state index contributed by atoms with van der Waals surface area (Å²) in [6, 6.07) is 19.5. The highest BCUT2D eigenvalue weighted by atomic mass is 19.1. The Kier molecular flexibility index (Phi) is 5.29. The quantitative estimate of drug-likeness (QED) is 0.648. The third-order valence-electron chi connectivity index (χ3n) is 4.13. The summed E-state index contributed by atoms with van der Waals surface area (Å²) in [5, 5.41) is 0. The van der Waals surface area contributed by atoms with Crippen molar-refractivity contribution in [2.45, 2.75) is 13.3 Å². The molecule has 0 aliphatic carbocycles. The molecule has 3 aromatic rings. The van der Waals surface area contributed by atoms with Crippen LogP contribution in [-0.2, 0) is 6.42 Å². The Labute approximate surface area is 146 Å². The fourth-order valence-corrected chi connectivity index (χ4v) is 2.69. The van der Waals surface area contributed by atoms with Crippen LogP contribution in [0.25, 0.3) is 11.3 Å². The zero-order valence-corrected chi connectivity index (χ0v) is 14.1. The number of likely N-dealkylation sites (N-methyl/N-ethyl adjacent to an activating group) is 1. The second-order valence-corrected chi connectivity index (χ2v) is 5.79. The highest BCUT2D eigenvalue weighted by Crippen LogP contribution is 2.23. The Bertz CT molecular complexity index is 825. The first-order chi connectivity index (χ1) is 12.2. The van der Waals surface area contributed by atoms with E-state index in [1.54, 1.807) is 29.2 Å². The van der Waals surface area contributed by atoms with Gasteiger partial charge < -0.3 is 9.32 Å². The SMILES string of the molecule is CCN(CCc1ccccc1)C(=O)c1ccc(-c2ccc(F)cc2)o1. The van der Waals surface area contributed by atoms with Gasteiger partial charge in [0.2, 0.25) is 0 Å². The Hall–Kier alpha value is -2.88. The van der Waals surface area contributed by atoms with Crippen molar-refractivity contribution in [3.63, 3.8) is 0 Å². The first-order valence-corrected chi connectivity index (χ1v) is 8.36. The number of hydrogen-bond donors (Lipinski definition) is 0. The molecule has 0 saturated heterocycles.